The number of carbonyl (C=O) groups excluding carboxylic acids is 1. The molecule has 3 aliphatic rings. The lowest BCUT2D eigenvalue weighted by Crippen LogP contribution is -2.49. The molecule has 3 aromatic rings. The molecule has 0 N–H and O–H groups in total. The molecule has 0 bridgehead atoms. The number of benzene rings is 2. The van der Waals surface area contributed by atoms with Crippen LogP contribution in [0.3, 0.4) is 0 Å². The van der Waals surface area contributed by atoms with Crippen LogP contribution >= 0.6 is 35.3 Å². The molecule has 0 saturated heterocycles. The zero-order valence-electron chi connectivity index (χ0n) is 16.9. The minimum absolute atomic E-state index is 0.0719. The fourth-order valence-electron chi connectivity index (χ4n) is 4.08. The number of thioether (sulfide) groups is 3. The quantitative estimate of drug-likeness (QED) is 0.407. The molecular weight excluding hydrogens is 444 g/mol. The summed E-state index contributed by atoms with van der Waals surface area (Å²) in [6.45, 7) is 0. The van der Waals surface area contributed by atoms with Gasteiger partial charge in [-0.15, -0.1) is 0 Å². The highest BCUT2D eigenvalue weighted by Gasteiger charge is 2.46. The zero-order valence-corrected chi connectivity index (χ0v) is 19.4. The standard InChI is InChI=1S/C23H19N4OS3/c1-25-15-7-3-5-9-17(15)29-19(25)11-14-12-20-27(13-24-14)22(28)21(31-20)23-26(2)16-8-4-6-10-18(16)30-23/h3-13,21,23H,1-2H3/q+1/t21-,23-/m0/s1. The predicted octanol–water partition coefficient (Wildman–Crippen LogP) is 4.59. The Labute approximate surface area is 193 Å². The average Bonchev–Trinajstić information content (AvgIpc) is 3.40. The Kier molecular flexibility index (Phi) is 4.55. The van der Waals surface area contributed by atoms with Gasteiger partial charge >= 0.3 is 5.91 Å². The molecule has 4 heterocycles. The Morgan fingerprint density at radius 1 is 1.00 bits per heavy atom. The summed E-state index contributed by atoms with van der Waals surface area (Å²) in [5.74, 6) is 0.101. The molecule has 0 spiro atoms. The first-order valence-electron chi connectivity index (χ1n) is 9.93. The number of hydrogen-bond acceptors (Lipinski definition) is 7. The summed E-state index contributed by atoms with van der Waals surface area (Å²) in [5, 5.41) is 1.98. The van der Waals surface area contributed by atoms with Crippen LogP contribution in [-0.2, 0) is 0 Å². The van der Waals surface area contributed by atoms with Gasteiger partial charge in [0.05, 0.1) is 16.4 Å². The third kappa shape index (κ3) is 3.08. The lowest BCUT2D eigenvalue weighted by atomic mass is 10.2. The van der Waals surface area contributed by atoms with E-state index in [9.17, 15) is 4.79 Å². The van der Waals surface area contributed by atoms with Crippen LogP contribution < -0.4 is 14.4 Å². The van der Waals surface area contributed by atoms with Gasteiger partial charge in [-0.05, 0) is 29.2 Å². The molecular formula is C23H19N4OS3+. The number of aromatic nitrogens is 2. The maximum Gasteiger partial charge on any atom is 0.331 e. The van der Waals surface area contributed by atoms with Crippen molar-refractivity contribution in [1.82, 2.24) is 4.98 Å². The Bertz CT molecular complexity index is 1260. The first kappa shape index (κ1) is 19.3. The van der Waals surface area contributed by atoms with Gasteiger partial charge in [0.1, 0.15) is 10.6 Å². The van der Waals surface area contributed by atoms with Gasteiger partial charge in [0.2, 0.25) is 0 Å². The topological polar surface area (TPSA) is 40.3 Å². The molecule has 0 fully saturated rings. The molecule has 2 atom stereocenters. The molecule has 0 unspecified atom stereocenters. The highest BCUT2D eigenvalue weighted by Crippen LogP contribution is 2.48. The van der Waals surface area contributed by atoms with E-state index in [2.05, 4.69) is 77.4 Å². The zero-order chi connectivity index (χ0) is 21.1. The highest BCUT2D eigenvalue weighted by atomic mass is 32.2. The van der Waals surface area contributed by atoms with Crippen molar-refractivity contribution in [1.29, 1.82) is 0 Å². The molecule has 0 aliphatic carbocycles. The van der Waals surface area contributed by atoms with Gasteiger partial charge in [0, 0.05) is 36.0 Å². The van der Waals surface area contributed by atoms with Crippen molar-refractivity contribution in [2.45, 2.75) is 25.4 Å². The van der Waals surface area contributed by atoms with Crippen molar-refractivity contribution < 1.29 is 9.36 Å². The van der Waals surface area contributed by atoms with Gasteiger partial charge in [-0.3, -0.25) is 0 Å². The summed E-state index contributed by atoms with van der Waals surface area (Å²) in [4.78, 5) is 24.6. The van der Waals surface area contributed by atoms with E-state index in [1.165, 1.54) is 21.2 Å². The van der Waals surface area contributed by atoms with Crippen LogP contribution in [0.15, 0.2) is 80.8 Å². The maximum atomic E-state index is 13.2. The van der Waals surface area contributed by atoms with E-state index >= 15 is 0 Å². The third-order valence-electron chi connectivity index (χ3n) is 5.74. The molecule has 0 saturated carbocycles. The molecule has 154 valence electrons. The third-order valence-corrected chi connectivity index (χ3v) is 9.77. The van der Waals surface area contributed by atoms with Crippen molar-refractivity contribution in [3.8, 4) is 0 Å². The van der Waals surface area contributed by atoms with Crippen LogP contribution in [0.1, 0.15) is 10.5 Å². The van der Waals surface area contributed by atoms with Crippen molar-refractivity contribution in [2.24, 2.45) is 0 Å². The molecule has 1 aromatic heterocycles. The smallest absolute Gasteiger partial charge is 0.331 e. The van der Waals surface area contributed by atoms with E-state index in [-0.39, 0.29) is 16.5 Å². The van der Waals surface area contributed by atoms with E-state index < -0.39 is 0 Å². The molecule has 2 aromatic carbocycles. The fourth-order valence-corrected chi connectivity index (χ4v) is 7.98. The van der Waals surface area contributed by atoms with Crippen molar-refractivity contribution in [2.75, 3.05) is 23.9 Å². The lowest BCUT2D eigenvalue weighted by molar-refractivity contribution is -0.613. The summed E-state index contributed by atoms with van der Waals surface area (Å²) >= 11 is 5.15. The van der Waals surface area contributed by atoms with Gasteiger partial charge in [0.15, 0.2) is 10.7 Å². The minimum Gasteiger partial charge on any atom is -0.360 e. The Morgan fingerprint density at radius 2 is 1.74 bits per heavy atom. The molecule has 0 radical (unpaired) electrons. The number of nitrogens with zero attached hydrogens (tertiary/aromatic N) is 4. The number of fused-ring (bicyclic) bond motifs is 3. The van der Waals surface area contributed by atoms with Crippen molar-refractivity contribution in [3.05, 3.63) is 71.6 Å². The van der Waals surface area contributed by atoms with Crippen molar-refractivity contribution in [3.63, 3.8) is 0 Å². The summed E-state index contributed by atoms with van der Waals surface area (Å²) in [7, 11) is 4.15. The molecule has 5 nitrogen and oxygen atoms in total. The first-order chi connectivity index (χ1) is 15.1. The van der Waals surface area contributed by atoms with Crippen molar-refractivity contribution >= 4 is 58.6 Å². The first-order valence-corrected chi connectivity index (χ1v) is 12.5. The number of rotatable bonds is 2. The maximum absolute atomic E-state index is 13.2. The van der Waals surface area contributed by atoms with E-state index in [0.29, 0.717) is 0 Å². The SMILES string of the molecule is CN1/C(=C/c2cc3[n+](cn2)C(=O)[C@@H]([C@@H]2Sc4ccccc4N2C)S3)Sc2ccccc21. The highest BCUT2D eigenvalue weighted by molar-refractivity contribution is 8.04. The van der Waals surface area contributed by atoms with Crippen LogP contribution in [0.5, 0.6) is 0 Å². The summed E-state index contributed by atoms with van der Waals surface area (Å²) in [6, 6.07) is 18.7. The normalized spacial score (nSPS) is 22.8. The van der Waals surface area contributed by atoms with Crippen LogP contribution in [0.25, 0.3) is 6.08 Å². The molecule has 8 heteroatoms. The second kappa shape index (κ2) is 7.32. The second-order valence-electron chi connectivity index (χ2n) is 7.60. The molecule has 6 rings (SSSR count). The van der Waals surface area contributed by atoms with Crippen LogP contribution in [0.4, 0.5) is 11.4 Å². The van der Waals surface area contributed by atoms with E-state index in [1.54, 1.807) is 46.2 Å². The number of hydrogen-bond donors (Lipinski definition) is 0. The molecule has 3 aliphatic heterocycles. The minimum atomic E-state index is -0.167. The molecule has 0 amide bonds. The van der Waals surface area contributed by atoms with Crippen LogP contribution in [0, 0.1) is 0 Å². The summed E-state index contributed by atoms with van der Waals surface area (Å²) < 4.78 is 1.70. The van der Waals surface area contributed by atoms with Gasteiger partial charge in [-0.1, -0.05) is 59.6 Å². The fraction of sp³-hybridized carbons (Fsp3) is 0.174. The van der Waals surface area contributed by atoms with Gasteiger partial charge < -0.3 is 9.80 Å². The van der Waals surface area contributed by atoms with Gasteiger partial charge in [0.25, 0.3) is 6.33 Å². The number of para-hydroxylation sites is 2. The van der Waals surface area contributed by atoms with Crippen LogP contribution in [-0.4, -0.2) is 35.6 Å². The number of anilines is 2. The van der Waals surface area contributed by atoms with E-state index in [4.69, 9.17) is 0 Å². The summed E-state index contributed by atoms with van der Waals surface area (Å²) in [5.41, 5.74) is 3.26. The Balaban J connectivity index is 1.27. The average molecular weight is 464 g/mol. The second-order valence-corrected chi connectivity index (χ2v) is 11.0. The van der Waals surface area contributed by atoms with Crippen LogP contribution in [0.2, 0.25) is 0 Å². The largest absolute Gasteiger partial charge is 0.360 e. The number of carbonyl (C=O) groups is 1. The Hall–Kier alpha value is -2.42. The molecule has 31 heavy (non-hydrogen) atoms. The van der Waals surface area contributed by atoms with Gasteiger partial charge in [-0.2, -0.15) is 4.57 Å². The van der Waals surface area contributed by atoms with E-state index in [0.717, 1.165) is 15.7 Å². The predicted molar refractivity (Wildman–Crippen MR) is 128 cm³/mol. The van der Waals surface area contributed by atoms with Gasteiger partial charge in [-0.25, -0.2) is 4.79 Å². The summed E-state index contributed by atoms with van der Waals surface area (Å²) in [6.07, 6.45) is 3.77. The Morgan fingerprint density at radius 3 is 2.52 bits per heavy atom. The monoisotopic (exact) mass is 463 g/mol. The lowest BCUT2D eigenvalue weighted by Gasteiger charge is -2.23. The van der Waals surface area contributed by atoms with E-state index in [1.807, 2.05) is 12.1 Å².